The first-order valence-electron chi connectivity index (χ1n) is 9.45. The van der Waals surface area contributed by atoms with Gasteiger partial charge in [-0.1, -0.05) is 5.10 Å². The van der Waals surface area contributed by atoms with E-state index in [2.05, 4.69) is 25.5 Å². The summed E-state index contributed by atoms with van der Waals surface area (Å²) < 4.78 is 5.69. The highest BCUT2D eigenvalue weighted by molar-refractivity contribution is 5.84. The van der Waals surface area contributed by atoms with Crippen molar-refractivity contribution in [2.24, 2.45) is 5.41 Å². The van der Waals surface area contributed by atoms with Crippen molar-refractivity contribution in [1.82, 2.24) is 25.1 Å². The zero-order valence-corrected chi connectivity index (χ0v) is 15.2. The second-order valence-electron chi connectivity index (χ2n) is 7.73. The molecule has 1 saturated heterocycles. The largest absolute Gasteiger partial charge is 0.402 e. The summed E-state index contributed by atoms with van der Waals surface area (Å²) in [5, 5.41) is 12.1. The summed E-state index contributed by atoms with van der Waals surface area (Å²) in [6.45, 7) is 3.53. The number of amides is 1. The number of carbonyl (C=O) groups excluding carboxylic acids is 1. The van der Waals surface area contributed by atoms with Crippen molar-refractivity contribution in [1.29, 1.82) is 0 Å². The molecular weight excluding hydrogens is 344 g/mol. The number of fused-ring (bicyclic) bond motifs is 1. The summed E-state index contributed by atoms with van der Waals surface area (Å²) in [5.74, 6) is 0.448. The van der Waals surface area contributed by atoms with Gasteiger partial charge in [-0.2, -0.15) is 0 Å². The van der Waals surface area contributed by atoms with Gasteiger partial charge in [0.25, 0.3) is 5.89 Å². The number of likely N-dealkylation sites (tertiary alicyclic amines) is 1. The number of H-pyrrole nitrogens is 1. The molecule has 1 saturated carbocycles. The standard InChI is InChI=1S/C19H22N6O2/c1-12(17(26)25-9-6-19(4-5-19)7-10-25)21-18-24-23-16(27-18)14-11-13-3-2-8-20-15(13)22-14/h2-3,8,11-12H,4-7,9-10H2,1H3,(H,20,22)(H,21,24)/t12-/m0/s1. The van der Waals surface area contributed by atoms with Gasteiger partial charge in [0.05, 0.1) is 0 Å². The first-order valence-corrected chi connectivity index (χ1v) is 9.45. The average molecular weight is 366 g/mol. The highest BCUT2D eigenvalue weighted by atomic mass is 16.4. The van der Waals surface area contributed by atoms with Crippen LogP contribution in [-0.4, -0.2) is 50.1 Å². The Morgan fingerprint density at radius 1 is 1.30 bits per heavy atom. The fourth-order valence-corrected chi connectivity index (χ4v) is 3.86. The van der Waals surface area contributed by atoms with Gasteiger partial charge in [-0.3, -0.25) is 4.79 Å². The number of nitrogens with one attached hydrogen (secondary N) is 2. The van der Waals surface area contributed by atoms with Crippen LogP contribution in [-0.2, 0) is 4.79 Å². The lowest BCUT2D eigenvalue weighted by atomic mass is 9.93. The van der Waals surface area contributed by atoms with Crippen LogP contribution in [0.4, 0.5) is 6.01 Å². The molecule has 2 aliphatic rings. The maximum absolute atomic E-state index is 12.7. The minimum absolute atomic E-state index is 0.0834. The van der Waals surface area contributed by atoms with Gasteiger partial charge in [-0.15, -0.1) is 5.10 Å². The molecule has 0 radical (unpaired) electrons. The average Bonchev–Trinajstić information content (AvgIpc) is 3.10. The Kier molecular flexibility index (Phi) is 3.66. The molecule has 1 aliphatic heterocycles. The normalized spacial score (nSPS) is 19.4. The fraction of sp³-hybridized carbons (Fsp3) is 0.474. The second kappa shape index (κ2) is 6.07. The zero-order chi connectivity index (χ0) is 18.4. The van der Waals surface area contributed by atoms with Crippen LogP contribution in [0.2, 0.25) is 0 Å². The number of aromatic amines is 1. The molecule has 0 aromatic carbocycles. The number of piperidine rings is 1. The lowest BCUT2D eigenvalue weighted by Crippen LogP contribution is -2.45. The maximum atomic E-state index is 12.7. The summed E-state index contributed by atoms with van der Waals surface area (Å²) in [5.41, 5.74) is 2.03. The van der Waals surface area contributed by atoms with E-state index < -0.39 is 6.04 Å². The molecule has 3 aromatic rings. The van der Waals surface area contributed by atoms with Gasteiger partial charge in [-0.25, -0.2) is 4.98 Å². The quantitative estimate of drug-likeness (QED) is 0.736. The summed E-state index contributed by atoms with van der Waals surface area (Å²) in [4.78, 5) is 22.1. The van der Waals surface area contributed by atoms with Gasteiger partial charge < -0.3 is 19.6 Å². The Morgan fingerprint density at radius 3 is 2.85 bits per heavy atom. The molecule has 1 aliphatic carbocycles. The van der Waals surface area contributed by atoms with Crippen LogP contribution < -0.4 is 5.32 Å². The Balaban J connectivity index is 1.25. The lowest BCUT2D eigenvalue weighted by Gasteiger charge is -2.33. The molecule has 2 fully saturated rings. The summed E-state index contributed by atoms with van der Waals surface area (Å²) >= 11 is 0. The van der Waals surface area contributed by atoms with Crippen molar-refractivity contribution >= 4 is 23.0 Å². The van der Waals surface area contributed by atoms with Crippen LogP contribution in [0.3, 0.4) is 0 Å². The molecule has 8 heteroatoms. The van der Waals surface area contributed by atoms with Crippen LogP contribution >= 0.6 is 0 Å². The van der Waals surface area contributed by atoms with Crippen molar-refractivity contribution in [2.45, 2.75) is 38.6 Å². The highest BCUT2D eigenvalue weighted by Crippen LogP contribution is 2.53. The van der Waals surface area contributed by atoms with Crippen LogP contribution in [0.25, 0.3) is 22.6 Å². The lowest BCUT2D eigenvalue weighted by molar-refractivity contribution is -0.133. The van der Waals surface area contributed by atoms with Gasteiger partial charge in [0.15, 0.2) is 0 Å². The molecule has 1 spiro atoms. The number of nitrogens with zero attached hydrogens (tertiary/aromatic N) is 4. The van der Waals surface area contributed by atoms with E-state index in [1.165, 1.54) is 12.8 Å². The first kappa shape index (κ1) is 16.3. The molecule has 4 heterocycles. The van der Waals surface area contributed by atoms with Gasteiger partial charge in [0.2, 0.25) is 5.91 Å². The Morgan fingerprint density at radius 2 is 2.11 bits per heavy atom. The van der Waals surface area contributed by atoms with E-state index in [-0.39, 0.29) is 11.9 Å². The molecule has 2 N–H and O–H groups in total. The third-order valence-corrected chi connectivity index (χ3v) is 5.85. The maximum Gasteiger partial charge on any atom is 0.316 e. The molecule has 5 rings (SSSR count). The van der Waals surface area contributed by atoms with Crippen LogP contribution in [0.15, 0.2) is 28.8 Å². The van der Waals surface area contributed by atoms with E-state index in [0.717, 1.165) is 37.0 Å². The number of hydrogen-bond acceptors (Lipinski definition) is 6. The molecule has 1 atom stereocenters. The summed E-state index contributed by atoms with van der Waals surface area (Å²) in [6, 6.07) is 5.59. The molecule has 1 amide bonds. The van der Waals surface area contributed by atoms with Crippen LogP contribution in [0.5, 0.6) is 0 Å². The molecular formula is C19H22N6O2. The van der Waals surface area contributed by atoms with Crippen LogP contribution in [0.1, 0.15) is 32.6 Å². The Hall–Kier alpha value is -2.90. The van der Waals surface area contributed by atoms with Gasteiger partial charge >= 0.3 is 6.01 Å². The van der Waals surface area contributed by atoms with Gasteiger partial charge in [0.1, 0.15) is 17.4 Å². The number of anilines is 1. The third-order valence-electron chi connectivity index (χ3n) is 5.85. The minimum Gasteiger partial charge on any atom is -0.402 e. The van der Waals surface area contributed by atoms with E-state index >= 15 is 0 Å². The molecule has 0 unspecified atom stereocenters. The van der Waals surface area contributed by atoms with Crippen molar-refractivity contribution in [3.05, 3.63) is 24.4 Å². The van der Waals surface area contributed by atoms with Crippen molar-refractivity contribution in [2.75, 3.05) is 18.4 Å². The second-order valence-corrected chi connectivity index (χ2v) is 7.73. The first-order chi connectivity index (χ1) is 13.1. The monoisotopic (exact) mass is 366 g/mol. The topological polar surface area (TPSA) is 99.9 Å². The smallest absolute Gasteiger partial charge is 0.316 e. The summed E-state index contributed by atoms with van der Waals surface area (Å²) in [7, 11) is 0. The number of rotatable bonds is 4. The zero-order valence-electron chi connectivity index (χ0n) is 15.2. The number of aromatic nitrogens is 4. The van der Waals surface area contributed by atoms with Crippen LogP contribution in [0, 0.1) is 5.41 Å². The summed E-state index contributed by atoms with van der Waals surface area (Å²) in [6.07, 6.45) is 6.64. The van der Waals surface area contributed by atoms with Crippen molar-refractivity contribution in [3.63, 3.8) is 0 Å². The van der Waals surface area contributed by atoms with Gasteiger partial charge in [-0.05, 0) is 56.2 Å². The molecule has 3 aromatic heterocycles. The van der Waals surface area contributed by atoms with E-state index in [0.29, 0.717) is 17.0 Å². The molecule has 0 bridgehead atoms. The number of pyridine rings is 1. The predicted molar refractivity (Wildman–Crippen MR) is 100.0 cm³/mol. The predicted octanol–water partition coefficient (Wildman–Crippen LogP) is 2.82. The minimum atomic E-state index is -0.407. The van der Waals surface area contributed by atoms with E-state index in [1.807, 2.05) is 30.0 Å². The number of carbonyl (C=O) groups is 1. The SMILES string of the molecule is C[C@H](Nc1nnc(-c2cc3cccnc3[nH]2)o1)C(=O)N1CCC2(CC1)CC2. The van der Waals surface area contributed by atoms with E-state index in [9.17, 15) is 4.79 Å². The van der Waals surface area contributed by atoms with E-state index in [1.54, 1.807) is 6.20 Å². The highest BCUT2D eigenvalue weighted by Gasteiger charge is 2.45. The van der Waals surface area contributed by atoms with E-state index in [4.69, 9.17) is 4.42 Å². The molecule has 8 nitrogen and oxygen atoms in total. The fourth-order valence-electron chi connectivity index (χ4n) is 3.86. The van der Waals surface area contributed by atoms with Crippen molar-refractivity contribution < 1.29 is 9.21 Å². The molecule has 140 valence electrons. The Labute approximate surface area is 156 Å². The van der Waals surface area contributed by atoms with Gasteiger partial charge in [0, 0.05) is 24.7 Å². The molecule has 27 heavy (non-hydrogen) atoms. The Bertz CT molecular complexity index is 946. The number of hydrogen-bond donors (Lipinski definition) is 2. The third kappa shape index (κ3) is 3.05. The van der Waals surface area contributed by atoms with Crippen molar-refractivity contribution in [3.8, 4) is 11.6 Å².